The second-order valence-electron chi connectivity index (χ2n) is 7.56. The molecule has 0 saturated carbocycles. The van der Waals surface area contributed by atoms with Gasteiger partial charge in [-0.15, -0.1) is 0 Å². The zero-order valence-corrected chi connectivity index (χ0v) is 19.1. The Balaban J connectivity index is 1.54. The lowest BCUT2D eigenvalue weighted by Crippen LogP contribution is -2.22. The van der Waals surface area contributed by atoms with Gasteiger partial charge in [-0.2, -0.15) is 0 Å². The highest BCUT2D eigenvalue weighted by atomic mass is 35.5. The summed E-state index contributed by atoms with van der Waals surface area (Å²) in [6, 6.07) is 21.3. The lowest BCUT2D eigenvalue weighted by atomic mass is 10.0. The van der Waals surface area contributed by atoms with E-state index in [0.29, 0.717) is 33.3 Å². The van der Waals surface area contributed by atoms with Crippen LogP contribution >= 0.6 is 23.4 Å². The summed E-state index contributed by atoms with van der Waals surface area (Å²) in [5, 5.41) is 3.18. The van der Waals surface area contributed by atoms with Crippen LogP contribution in [0.1, 0.15) is 33.0 Å². The fourth-order valence-electron chi connectivity index (χ4n) is 3.62. The highest BCUT2D eigenvalue weighted by Crippen LogP contribution is 2.42. The molecule has 0 atom stereocenters. The third-order valence-corrected chi connectivity index (χ3v) is 6.60. The van der Waals surface area contributed by atoms with Crippen LogP contribution < -0.4 is 5.32 Å². The SMILES string of the molecule is Cc1ccc(CNC(=O)c2ccc3c(c2)N=C(c2ccc(Cl)cc2F)c2ccccc2S3)o1. The molecular weight excluding hydrogens is 459 g/mol. The third kappa shape index (κ3) is 4.45. The number of furan rings is 1. The molecule has 0 unspecified atom stereocenters. The molecule has 5 rings (SSSR count). The minimum atomic E-state index is -0.452. The number of carbonyl (C=O) groups is 1. The molecule has 7 heteroatoms. The quantitative estimate of drug-likeness (QED) is 0.305. The van der Waals surface area contributed by atoms with Crippen LogP contribution in [0.15, 0.2) is 92.0 Å². The van der Waals surface area contributed by atoms with Gasteiger partial charge in [0.15, 0.2) is 0 Å². The zero-order valence-electron chi connectivity index (χ0n) is 17.6. The number of fused-ring (bicyclic) bond motifs is 2. The Bertz CT molecular complexity index is 1410. The number of hydrogen-bond donors (Lipinski definition) is 1. The highest BCUT2D eigenvalue weighted by Gasteiger charge is 2.22. The van der Waals surface area contributed by atoms with Crippen LogP contribution in [0, 0.1) is 12.7 Å². The maximum Gasteiger partial charge on any atom is 0.251 e. The molecule has 0 radical (unpaired) electrons. The smallest absolute Gasteiger partial charge is 0.251 e. The van der Waals surface area contributed by atoms with E-state index >= 15 is 0 Å². The first kappa shape index (κ1) is 21.5. The first-order valence-electron chi connectivity index (χ1n) is 10.3. The number of rotatable bonds is 4. The van der Waals surface area contributed by atoms with E-state index in [0.717, 1.165) is 21.1 Å². The summed E-state index contributed by atoms with van der Waals surface area (Å²) in [5.74, 6) is 0.775. The minimum Gasteiger partial charge on any atom is -0.465 e. The van der Waals surface area contributed by atoms with E-state index in [1.807, 2.05) is 49.4 Å². The number of nitrogens with one attached hydrogen (secondary N) is 1. The molecule has 0 saturated heterocycles. The number of amides is 1. The summed E-state index contributed by atoms with van der Waals surface area (Å²) in [6.45, 7) is 2.14. The van der Waals surface area contributed by atoms with Crippen LogP contribution in [-0.4, -0.2) is 11.6 Å². The molecule has 33 heavy (non-hydrogen) atoms. The van der Waals surface area contributed by atoms with Gasteiger partial charge in [-0.3, -0.25) is 4.79 Å². The molecule has 164 valence electrons. The van der Waals surface area contributed by atoms with Crippen molar-refractivity contribution in [1.82, 2.24) is 5.32 Å². The van der Waals surface area contributed by atoms with Crippen LogP contribution in [-0.2, 0) is 6.54 Å². The van der Waals surface area contributed by atoms with E-state index in [1.165, 1.54) is 17.8 Å². The van der Waals surface area contributed by atoms with Crippen LogP contribution in [0.25, 0.3) is 0 Å². The Hall–Kier alpha value is -3.35. The van der Waals surface area contributed by atoms with Crippen molar-refractivity contribution in [2.75, 3.05) is 0 Å². The molecule has 4 nitrogen and oxygen atoms in total. The van der Waals surface area contributed by atoms with E-state index in [4.69, 9.17) is 21.0 Å². The summed E-state index contributed by atoms with van der Waals surface area (Å²) in [7, 11) is 0. The maximum atomic E-state index is 14.9. The van der Waals surface area contributed by atoms with Crippen LogP contribution in [0.2, 0.25) is 5.02 Å². The Morgan fingerprint density at radius 1 is 1.03 bits per heavy atom. The molecule has 4 aromatic rings. The fourth-order valence-corrected chi connectivity index (χ4v) is 4.78. The molecule has 1 amide bonds. The molecular formula is C26H18ClFN2O2S. The van der Waals surface area contributed by atoms with Crippen molar-refractivity contribution in [2.45, 2.75) is 23.3 Å². The monoisotopic (exact) mass is 476 g/mol. The van der Waals surface area contributed by atoms with Crippen molar-refractivity contribution in [2.24, 2.45) is 4.99 Å². The number of nitrogens with zero attached hydrogens (tertiary/aromatic N) is 1. The lowest BCUT2D eigenvalue weighted by molar-refractivity contribution is 0.0948. The van der Waals surface area contributed by atoms with Crippen LogP contribution in [0.3, 0.4) is 0 Å². The van der Waals surface area contributed by atoms with Gasteiger partial charge in [0.05, 0.1) is 17.9 Å². The van der Waals surface area contributed by atoms with Crippen molar-refractivity contribution in [3.8, 4) is 0 Å². The van der Waals surface area contributed by atoms with Gasteiger partial charge >= 0.3 is 0 Å². The van der Waals surface area contributed by atoms with Crippen LogP contribution in [0.4, 0.5) is 10.1 Å². The van der Waals surface area contributed by atoms with Crippen molar-refractivity contribution >= 4 is 40.7 Å². The lowest BCUT2D eigenvalue weighted by Gasteiger charge is -2.10. The Labute approximate surface area is 199 Å². The van der Waals surface area contributed by atoms with Gasteiger partial charge in [-0.1, -0.05) is 41.6 Å². The fraction of sp³-hybridized carbons (Fsp3) is 0.0769. The van der Waals surface area contributed by atoms with E-state index in [9.17, 15) is 9.18 Å². The van der Waals surface area contributed by atoms with Gasteiger partial charge in [0.2, 0.25) is 0 Å². The normalized spacial score (nSPS) is 12.4. The molecule has 0 spiro atoms. The topological polar surface area (TPSA) is 54.6 Å². The van der Waals surface area contributed by atoms with E-state index in [-0.39, 0.29) is 12.5 Å². The number of halogens is 2. The predicted molar refractivity (Wildman–Crippen MR) is 128 cm³/mol. The van der Waals surface area contributed by atoms with Gasteiger partial charge in [0, 0.05) is 31.5 Å². The van der Waals surface area contributed by atoms with Gasteiger partial charge in [0.1, 0.15) is 17.3 Å². The first-order chi connectivity index (χ1) is 16.0. The molecule has 1 aliphatic heterocycles. The second kappa shape index (κ2) is 8.89. The molecule has 1 aromatic heterocycles. The van der Waals surface area contributed by atoms with Crippen molar-refractivity contribution < 1.29 is 13.6 Å². The van der Waals surface area contributed by atoms with Crippen molar-refractivity contribution in [1.29, 1.82) is 0 Å². The average Bonchev–Trinajstić information content (AvgIpc) is 3.15. The number of benzene rings is 3. The summed E-state index contributed by atoms with van der Waals surface area (Å²) in [5.41, 5.74) is 2.72. The molecule has 1 aliphatic rings. The highest BCUT2D eigenvalue weighted by molar-refractivity contribution is 7.99. The number of hydrogen-bond acceptors (Lipinski definition) is 4. The molecule has 1 N–H and O–H groups in total. The summed E-state index contributed by atoms with van der Waals surface area (Å²) < 4.78 is 20.4. The van der Waals surface area contributed by atoms with Gasteiger partial charge in [-0.05, 0) is 61.5 Å². The van der Waals surface area contributed by atoms with E-state index in [1.54, 1.807) is 24.3 Å². The van der Waals surface area contributed by atoms with E-state index < -0.39 is 5.82 Å². The average molecular weight is 477 g/mol. The Morgan fingerprint density at radius 2 is 1.88 bits per heavy atom. The maximum absolute atomic E-state index is 14.9. The predicted octanol–water partition coefficient (Wildman–Crippen LogP) is 6.94. The van der Waals surface area contributed by atoms with Gasteiger partial charge in [0.25, 0.3) is 5.91 Å². The Kier molecular flexibility index (Phi) is 5.79. The number of carbonyl (C=O) groups excluding carboxylic acids is 1. The van der Waals surface area contributed by atoms with Crippen LogP contribution in [0.5, 0.6) is 0 Å². The second-order valence-corrected chi connectivity index (χ2v) is 9.08. The van der Waals surface area contributed by atoms with Gasteiger partial charge in [-0.25, -0.2) is 9.38 Å². The summed E-state index contributed by atoms with van der Waals surface area (Å²) >= 11 is 7.50. The molecule has 0 fully saturated rings. The zero-order chi connectivity index (χ0) is 22.9. The summed E-state index contributed by atoms with van der Waals surface area (Å²) in [6.07, 6.45) is 0. The molecule has 2 heterocycles. The van der Waals surface area contributed by atoms with Gasteiger partial charge < -0.3 is 9.73 Å². The van der Waals surface area contributed by atoms with Crippen molar-refractivity contribution in [3.63, 3.8) is 0 Å². The molecule has 0 bridgehead atoms. The Morgan fingerprint density at radius 3 is 2.67 bits per heavy atom. The minimum absolute atomic E-state index is 0.243. The largest absolute Gasteiger partial charge is 0.465 e. The summed E-state index contributed by atoms with van der Waals surface area (Å²) in [4.78, 5) is 19.4. The number of aryl methyl sites for hydroxylation is 1. The third-order valence-electron chi connectivity index (χ3n) is 5.22. The number of aliphatic imine (C=N–C) groups is 1. The molecule has 0 aliphatic carbocycles. The standard InChI is InChI=1S/C26H18ClFN2O2S/c1-15-6-9-18(32-15)14-29-26(31)16-7-11-24-22(12-16)30-25(19-10-8-17(27)13-21(19)28)20-4-2-3-5-23(20)33-24/h2-13H,14H2,1H3,(H,29,31). The van der Waals surface area contributed by atoms with Crippen molar-refractivity contribution in [3.05, 3.63) is 112 Å². The van der Waals surface area contributed by atoms with E-state index in [2.05, 4.69) is 5.32 Å². The molecule has 3 aromatic carbocycles. The first-order valence-corrected chi connectivity index (χ1v) is 11.5.